The Labute approximate surface area is 146 Å². The lowest BCUT2D eigenvalue weighted by Crippen LogP contribution is -2.29. The number of rotatable bonds is 6. The van der Waals surface area contributed by atoms with Gasteiger partial charge in [0.1, 0.15) is 5.75 Å². The Hall–Kier alpha value is -2.92. The van der Waals surface area contributed by atoms with Gasteiger partial charge in [0.2, 0.25) is 5.91 Å². The summed E-state index contributed by atoms with van der Waals surface area (Å²) >= 11 is 0. The fourth-order valence-electron chi connectivity index (χ4n) is 2.75. The summed E-state index contributed by atoms with van der Waals surface area (Å²) in [7, 11) is 1.62. The Balaban J connectivity index is 1.68. The molecule has 1 unspecified atom stereocenters. The van der Waals surface area contributed by atoms with Crippen LogP contribution in [-0.4, -0.2) is 29.7 Å². The number of hydrogen-bond donors (Lipinski definition) is 2. The Bertz CT molecular complexity index is 865. The van der Waals surface area contributed by atoms with Crippen LogP contribution >= 0.6 is 0 Å². The Morgan fingerprint density at radius 3 is 2.76 bits per heavy atom. The lowest BCUT2D eigenvalue weighted by molar-refractivity contribution is -0.120. The SMILES string of the molecule is COc1ccc2cccc(CC(=O)NCC(O)c3ccncc3)c2c1. The Morgan fingerprint density at radius 2 is 2.00 bits per heavy atom. The van der Waals surface area contributed by atoms with E-state index in [1.807, 2.05) is 36.4 Å². The molecule has 1 aromatic heterocycles. The minimum Gasteiger partial charge on any atom is -0.497 e. The smallest absolute Gasteiger partial charge is 0.224 e. The highest BCUT2D eigenvalue weighted by atomic mass is 16.5. The van der Waals surface area contributed by atoms with Gasteiger partial charge in [0.05, 0.1) is 19.6 Å². The lowest BCUT2D eigenvalue weighted by atomic mass is 10.0. The number of aliphatic hydroxyl groups excluding tert-OH is 1. The third-order valence-corrected chi connectivity index (χ3v) is 4.11. The number of ether oxygens (including phenoxy) is 1. The van der Waals surface area contributed by atoms with Crippen molar-refractivity contribution < 1.29 is 14.6 Å². The van der Waals surface area contributed by atoms with Crippen molar-refractivity contribution in [3.05, 3.63) is 72.1 Å². The van der Waals surface area contributed by atoms with E-state index >= 15 is 0 Å². The van der Waals surface area contributed by atoms with E-state index < -0.39 is 6.10 Å². The molecule has 5 nitrogen and oxygen atoms in total. The molecule has 3 aromatic rings. The van der Waals surface area contributed by atoms with Gasteiger partial charge in [-0.05, 0) is 46.2 Å². The fraction of sp³-hybridized carbons (Fsp3) is 0.200. The van der Waals surface area contributed by atoms with E-state index in [0.717, 1.165) is 27.6 Å². The van der Waals surface area contributed by atoms with Crippen LogP contribution in [0.25, 0.3) is 10.8 Å². The van der Waals surface area contributed by atoms with Gasteiger partial charge in [-0.3, -0.25) is 9.78 Å². The second kappa shape index (κ2) is 7.77. The number of benzene rings is 2. The summed E-state index contributed by atoms with van der Waals surface area (Å²) in [5, 5.41) is 14.9. The van der Waals surface area contributed by atoms with Gasteiger partial charge in [0.15, 0.2) is 0 Å². The molecule has 0 aliphatic heterocycles. The maximum Gasteiger partial charge on any atom is 0.224 e. The van der Waals surface area contributed by atoms with Crippen molar-refractivity contribution in [3.63, 3.8) is 0 Å². The number of aromatic nitrogens is 1. The van der Waals surface area contributed by atoms with Crippen molar-refractivity contribution in [1.82, 2.24) is 10.3 Å². The molecule has 1 atom stereocenters. The molecular formula is C20H20N2O3. The first-order chi connectivity index (χ1) is 12.2. The maximum absolute atomic E-state index is 12.3. The number of methoxy groups -OCH3 is 1. The molecule has 0 aliphatic rings. The standard InChI is InChI=1S/C20H20N2O3/c1-25-17-6-5-14-3-2-4-16(18(14)12-17)11-20(24)22-13-19(23)15-7-9-21-10-8-15/h2-10,12,19,23H,11,13H2,1H3,(H,22,24). The normalized spacial score (nSPS) is 11.9. The van der Waals surface area contributed by atoms with E-state index in [1.54, 1.807) is 31.6 Å². The van der Waals surface area contributed by atoms with Crippen LogP contribution in [0.3, 0.4) is 0 Å². The van der Waals surface area contributed by atoms with E-state index in [1.165, 1.54) is 0 Å². The first kappa shape index (κ1) is 16.9. The molecular weight excluding hydrogens is 316 g/mol. The summed E-state index contributed by atoms with van der Waals surface area (Å²) in [4.78, 5) is 16.2. The average Bonchev–Trinajstić information content (AvgIpc) is 2.66. The van der Waals surface area contributed by atoms with Crippen LogP contribution < -0.4 is 10.1 Å². The molecule has 0 aliphatic carbocycles. The first-order valence-electron chi connectivity index (χ1n) is 8.07. The van der Waals surface area contributed by atoms with Crippen molar-refractivity contribution in [1.29, 1.82) is 0 Å². The minimum absolute atomic E-state index is 0.136. The first-order valence-corrected chi connectivity index (χ1v) is 8.07. The van der Waals surface area contributed by atoms with Crippen molar-refractivity contribution in [2.24, 2.45) is 0 Å². The van der Waals surface area contributed by atoms with E-state index in [-0.39, 0.29) is 18.9 Å². The van der Waals surface area contributed by atoms with Gasteiger partial charge in [-0.2, -0.15) is 0 Å². The van der Waals surface area contributed by atoms with Gasteiger partial charge in [-0.25, -0.2) is 0 Å². The topological polar surface area (TPSA) is 71.5 Å². The Morgan fingerprint density at radius 1 is 1.20 bits per heavy atom. The molecule has 0 bridgehead atoms. The Kier molecular flexibility index (Phi) is 5.26. The summed E-state index contributed by atoms with van der Waals surface area (Å²) in [6.07, 6.45) is 2.72. The average molecular weight is 336 g/mol. The number of carbonyl (C=O) groups is 1. The van der Waals surface area contributed by atoms with Crippen molar-refractivity contribution in [2.75, 3.05) is 13.7 Å². The predicted molar refractivity (Wildman–Crippen MR) is 96.4 cm³/mol. The highest BCUT2D eigenvalue weighted by Crippen LogP contribution is 2.24. The molecule has 1 amide bonds. The highest BCUT2D eigenvalue weighted by Gasteiger charge is 2.11. The second-order valence-corrected chi connectivity index (χ2v) is 5.78. The largest absolute Gasteiger partial charge is 0.497 e. The van der Waals surface area contributed by atoms with Crippen LogP contribution in [0.15, 0.2) is 60.9 Å². The number of hydrogen-bond acceptors (Lipinski definition) is 4. The number of aliphatic hydroxyl groups is 1. The zero-order valence-electron chi connectivity index (χ0n) is 14.0. The summed E-state index contributed by atoms with van der Waals surface area (Å²) in [6, 6.07) is 15.1. The molecule has 3 rings (SSSR count). The number of amides is 1. The molecule has 0 saturated carbocycles. The quantitative estimate of drug-likeness (QED) is 0.726. The molecule has 25 heavy (non-hydrogen) atoms. The molecule has 0 radical (unpaired) electrons. The van der Waals surface area contributed by atoms with E-state index in [0.29, 0.717) is 0 Å². The monoisotopic (exact) mass is 336 g/mol. The van der Waals surface area contributed by atoms with E-state index in [2.05, 4.69) is 10.3 Å². The van der Waals surface area contributed by atoms with Gasteiger partial charge in [0.25, 0.3) is 0 Å². The molecule has 1 heterocycles. The van der Waals surface area contributed by atoms with Crippen LogP contribution in [-0.2, 0) is 11.2 Å². The number of carbonyl (C=O) groups excluding carboxylic acids is 1. The minimum atomic E-state index is -0.750. The van der Waals surface area contributed by atoms with Gasteiger partial charge in [0, 0.05) is 18.9 Å². The van der Waals surface area contributed by atoms with Gasteiger partial charge >= 0.3 is 0 Å². The molecule has 0 saturated heterocycles. The summed E-state index contributed by atoms with van der Waals surface area (Å²) in [5.74, 6) is 0.622. The second-order valence-electron chi connectivity index (χ2n) is 5.78. The molecule has 0 spiro atoms. The van der Waals surface area contributed by atoms with E-state index in [9.17, 15) is 9.90 Å². The molecule has 2 aromatic carbocycles. The number of nitrogens with zero attached hydrogens (tertiary/aromatic N) is 1. The highest BCUT2D eigenvalue weighted by molar-refractivity contribution is 5.91. The number of pyridine rings is 1. The van der Waals surface area contributed by atoms with Gasteiger partial charge < -0.3 is 15.2 Å². The zero-order chi connectivity index (χ0) is 17.6. The summed E-state index contributed by atoms with van der Waals surface area (Å²) in [5.41, 5.74) is 1.65. The van der Waals surface area contributed by atoms with Crippen LogP contribution in [0.2, 0.25) is 0 Å². The summed E-state index contributed by atoms with van der Waals surface area (Å²) < 4.78 is 5.27. The van der Waals surface area contributed by atoms with Crippen LogP contribution in [0, 0.1) is 0 Å². The van der Waals surface area contributed by atoms with E-state index in [4.69, 9.17) is 4.74 Å². The third kappa shape index (κ3) is 4.14. The molecule has 5 heteroatoms. The van der Waals surface area contributed by atoms with Crippen LogP contribution in [0.4, 0.5) is 0 Å². The fourth-order valence-corrected chi connectivity index (χ4v) is 2.75. The summed E-state index contributed by atoms with van der Waals surface area (Å²) in [6.45, 7) is 0.164. The molecule has 0 fully saturated rings. The van der Waals surface area contributed by atoms with Crippen molar-refractivity contribution in [2.45, 2.75) is 12.5 Å². The number of nitrogens with one attached hydrogen (secondary N) is 1. The van der Waals surface area contributed by atoms with Crippen LogP contribution in [0.5, 0.6) is 5.75 Å². The van der Waals surface area contributed by atoms with Crippen molar-refractivity contribution in [3.8, 4) is 5.75 Å². The lowest BCUT2D eigenvalue weighted by Gasteiger charge is -2.13. The third-order valence-electron chi connectivity index (χ3n) is 4.11. The maximum atomic E-state index is 12.3. The number of fused-ring (bicyclic) bond motifs is 1. The predicted octanol–water partition coefficient (Wildman–Crippen LogP) is 2.64. The molecule has 2 N–H and O–H groups in total. The van der Waals surface area contributed by atoms with Crippen LogP contribution in [0.1, 0.15) is 17.2 Å². The van der Waals surface area contributed by atoms with Gasteiger partial charge in [-0.1, -0.05) is 24.3 Å². The zero-order valence-corrected chi connectivity index (χ0v) is 14.0. The van der Waals surface area contributed by atoms with Crippen molar-refractivity contribution >= 4 is 16.7 Å². The molecule has 128 valence electrons. The van der Waals surface area contributed by atoms with Gasteiger partial charge in [-0.15, -0.1) is 0 Å².